The van der Waals surface area contributed by atoms with Crippen molar-refractivity contribution >= 4 is 5.78 Å². The lowest BCUT2D eigenvalue weighted by Crippen LogP contribution is -2.51. The summed E-state index contributed by atoms with van der Waals surface area (Å²) < 4.78 is 12.7. The summed E-state index contributed by atoms with van der Waals surface area (Å²) in [6.07, 6.45) is 17.0. The van der Waals surface area contributed by atoms with Gasteiger partial charge in [0.25, 0.3) is 0 Å². The average Bonchev–Trinajstić information content (AvgIpc) is 3.02. The summed E-state index contributed by atoms with van der Waals surface area (Å²) in [7, 11) is 0. The molecule has 3 rings (SSSR count). The van der Waals surface area contributed by atoms with Gasteiger partial charge in [-0.1, -0.05) is 64.7 Å². The van der Waals surface area contributed by atoms with Crippen LogP contribution < -0.4 is 0 Å². The molecule has 0 radical (unpaired) electrons. The lowest BCUT2D eigenvalue weighted by atomic mass is 9.85. The number of carbonyl (C=O) groups is 1. The van der Waals surface area contributed by atoms with Gasteiger partial charge in [-0.25, -0.2) is 0 Å². The van der Waals surface area contributed by atoms with Gasteiger partial charge in [-0.15, -0.1) is 0 Å². The summed E-state index contributed by atoms with van der Waals surface area (Å²) in [4.78, 5) is 11.6. The molecule has 29 heavy (non-hydrogen) atoms. The maximum Gasteiger partial charge on any atom is 0.172 e. The molecule has 2 aliphatic heterocycles. The van der Waals surface area contributed by atoms with E-state index in [4.69, 9.17) is 9.47 Å². The fourth-order valence-corrected chi connectivity index (χ4v) is 5.19. The van der Waals surface area contributed by atoms with Crippen molar-refractivity contribution in [2.45, 2.75) is 133 Å². The molecule has 5 nitrogen and oxygen atoms in total. The van der Waals surface area contributed by atoms with Gasteiger partial charge in [0.2, 0.25) is 0 Å². The van der Waals surface area contributed by atoms with Gasteiger partial charge in [-0.2, -0.15) is 0 Å². The first-order valence-electron chi connectivity index (χ1n) is 11.9. The Bertz CT molecular complexity index is 561. The number of rotatable bonds is 10. The number of hydrogen-bond acceptors (Lipinski definition) is 5. The molecular weight excluding hydrogens is 368 g/mol. The molecule has 0 bridgehead atoms. The first-order valence-corrected chi connectivity index (χ1v) is 11.9. The van der Waals surface area contributed by atoms with Crippen LogP contribution in [0.4, 0.5) is 0 Å². The summed E-state index contributed by atoms with van der Waals surface area (Å²) >= 11 is 0. The topological polar surface area (TPSA) is 76.0 Å². The van der Waals surface area contributed by atoms with Crippen LogP contribution in [-0.4, -0.2) is 45.7 Å². The monoisotopic (exact) mass is 408 g/mol. The Kier molecular flexibility index (Phi) is 8.32. The van der Waals surface area contributed by atoms with E-state index in [0.29, 0.717) is 25.7 Å². The number of unbranched alkanes of at least 4 members (excludes halogenated alkanes) is 8. The minimum absolute atomic E-state index is 0.00444. The predicted octanol–water partition coefficient (Wildman–Crippen LogP) is 4.58. The number of carbonyl (C=O) groups excluding carboxylic acids is 1. The van der Waals surface area contributed by atoms with Gasteiger partial charge in [0, 0.05) is 19.3 Å². The molecular formula is C24H40O5. The third-order valence-corrected chi connectivity index (χ3v) is 6.88. The van der Waals surface area contributed by atoms with E-state index in [2.05, 4.69) is 6.92 Å². The number of aliphatic hydroxyl groups excluding tert-OH is 2. The Morgan fingerprint density at radius 3 is 2.41 bits per heavy atom. The van der Waals surface area contributed by atoms with Gasteiger partial charge in [0.05, 0.1) is 18.3 Å². The van der Waals surface area contributed by atoms with E-state index in [9.17, 15) is 15.0 Å². The summed E-state index contributed by atoms with van der Waals surface area (Å²) in [6, 6.07) is 0. The summed E-state index contributed by atoms with van der Waals surface area (Å²) in [6.45, 7) is 2.25. The molecule has 2 spiro atoms. The van der Waals surface area contributed by atoms with E-state index >= 15 is 0 Å². The molecule has 0 aromatic heterocycles. The summed E-state index contributed by atoms with van der Waals surface area (Å²) in [5.41, 5.74) is -0.840. The van der Waals surface area contributed by atoms with Crippen molar-refractivity contribution in [1.29, 1.82) is 0 Å². The molecule has 0 amide bonds. The molecule has 3 aliphatic rings. The minimum atomic E-state index is -0.840. The second-order valence-electron chi connectivity index (χ2n) is 9.44. The first kappa shape index (κ1) is 22.9. The van der Waals surface area contributed by atoms with Crippen molar-refractivity contribution in [3.63, 3.8) is 0 Å². The normalized spacial score (nSPS) is 37.1. The number of allylic oxidation sites excluding steroid dienone is 1. The summed E-state index contributed by atoms with van der Waals surface area (Å²) in [5.74, 6) is -0.895. The molecule has 5 heteroatoms. The molecule has 0 unspecified atom stereocenters. The highest BCUT2D eigenvalue weighted by molar-refractivity contribution is 5.91. The van der Waals surface area contributed by atoms with Crippen LogP contribution in [0.25, 0.3) is 0 Å². The van der Waals surface area contributed by atoms with Crippen molar-refractivity contribution in [3.05, 3.63) is 12.2 Å². The van der Waals surface area contributed by atoms with E-state index in [1.165, 1.54) is 57.4 Å². The minimum Gasteiger partial charge on any atom is -0.393 e. The Morgan fingerprint density at radius 1 is 1.03 bits per heavy atom. The van der Waals surface area contributed by atoms with Gasteiger partial charge in [0.15, 0.2) is 11.6 Å². The maximum absolute atomic E-state index is 11.6. The van der Waals surface area contributed by atoms with Gasteiger partial charge >= 0.3 is 0 Å². The Labute approximate surface area is 175 Å². The quantitative estimate of drug-likeness (QED) is 0.517. The van der Waals surface area contributed by atoms with Gasteiger partial charge in [-0.05, 0) is 31.4 Å². The maximum atomic E-state index is 11.6. The molecule has 2 saturated heterocycles. The molecule has 166 valence electrons. The highest BCUT2D eigenvalue weighted by Crippen LogP contribution is 2.49. The fraction of sp³-hybridized carbons (Fsp3) is 0.875. The number of hydrogen-bond donors (Lipinski definition) is 2. The van der Waals surface area contributed by atoms with Crippen molar-refractivity contribution < 1.29 is 24.5 Å². The Hall–Kier alpha value is -0.750. The zero-order valence-electron chi connectivity index (χ0n) is 18.1. The second-order valence-corrected chi connectivity index (χ2v) is 9.44. The SMILES string of the molecule is CCCCCCCCCCC[C@H]1C[C@H](O)C[C@]2(CC[C@]3(C=CC(=O)C[C@@H]3O)O2)O1. The molecule has 0 aromatic rings. The van der Waals surface area contributed by atoms with Gasteiger partial charge in [-0.3, -0.25) is 4.79 Å². The molecule has 2 fully saturated rings. The average molecular weight is 409 g/mol. The van der Waals surface area contributed by atoms with E-state index in [0.717, 1.165) is 12.8 Å². The second kappa shape index (κ2) is 10.5. The predicted molar refractivity (Wildman–Crippen MR) is 113 cm³/mol. The number of ether oxygens (including phenoxy) is 2. The van der Waals surface area contributed by atoms with Crippen LogP contribution >= 0.6 is 0 Å². The first-order chi connectivity index (χ1) is 14.0. The van der Waals surface area contributed by atoms with Crippen LogP contribution in [0.5, 0.6) is 0 Å². The van der Waals surface area contributed by atoms with E-state index < -0.39 is 23.6 Å². The van der Waals surface area contributed by atoms with Crippen LogP contribution in [0, 0.1) is 0 Å². The highest BCUT2D eigenvalue weighted by Gasteiger charge is 2.56. The Balaban J connectivity index is 1.42. The zero-order valence-corrected chi connectivity index (χ0v) is 18.1. The third kappa shape index (κ3) is 6.13. The van der Waals surface area contributed by atoms with Crippen LogP contribution in [0.15, 0.2) is 12.2 Å². The standard InChI is InChI=1S/C24H40O5/c1-2-3-4-5-6-7-8-9-10-11-21-16-20(26)18-24(28-21)15-14-23(29-24)13-12-19(25)17-22(23)27/h12-13,20-22,26-27H,2-11,14-18H2,1H3/t20-,21-,22-,23-,24+/m0/s1. The smallest absolute Gasteiger partial charge is 0.172 e. The van der Waals surface area contributed by atoms with Crippen molar-refractivity contribution in [2.24, 2.45) is 0 Å². The molecule has 1 aliphatic carbocycles. The van der Waals surface area contributed by atoms with Crippen molar-refractivity contribution in [1.82, 2.24) is 0 Å². The highest BCUT2D eigenvalue weighted by atomic mass is 16.7. The van der Waals surface area contributed by atoms with Crippen molar-refractivity contribution in [2.75, 3.05) is 0 Å². The molecule has 5 atom stereocenters. The van der Waals surface area contributed by atoms with Crippen LogP contribution in [-0.2, 0) is 14.3 Å². The van der Waals surface area contributed by atoms with E-state index in [1.807, 2.05) is 0 Å². The van der Waals surface area contributed by atoms with Crippen LogP contribution in [0.2, 0.25) is 0 Å². The lowest BCUT2D eigenvalue weighted by molar-refractivity contribution is -0.306. The number of aliphatic hydroxyl groups is 2. The van der Waals surface area contributed by atoms with Crippen LogP contribution in [0.3, 0.4) is 0 Å². The summed E-state index contributed by atoms with van der Waals surface area (Å²) in [5, 5.41) is 20.9. The molecule has 0 saturated carbocycles. The molecule has 2 N–H and O–H groups in total. The van der Waals surface area contributed by atoms with Crippen LogP contribution in [0.1, 0.15) is 103 Å². The molecule has 0 aromatic carbocycles. The fourth-order valence-electron chi connectivity index (χ4n) is 5.19. The van der Waals surface area contributed by atoms with Crippen molar-refractivity contribution in [3.8, 4) is 0 Å². The molecule has 2 heterocycles. The number of ketones is 1. The lowest BCUT2D eigenvalue weighted by Gasteiger charge is -2.43. The largest absolute Gasteiger partial charge is 0.393 e. The van der Waals surface area contributed by atoms with Gasteiger partial charge < -0.3 is 19.7 Å². The van der Waals surface area contributed by atoms with E-state index in [-0.39, 0.29) is 18.3 Å². The van der Waals surface area contributed by atoms with Gasteiger partial charge in [0.1, 0.15) is 5.60 Å². The zero-order chi connectivity index (χ0) is 20.7. The Morgan fingerprint density at radius 2 is 1.72 bits per heavy atom. The van der Waals surface area contributed by atoms with E-state index in [1.54, 1.807) is 6.08 Å². The third-order valence-electron chi connectivity index (χ3n) is 6.88.